The number of hydrogen-bond acceptors (Lipinski definition) is 3. The van der Waals surface area contributed by atoms with E-state index in [1.807, 2.05) is 0 Å². The number of alkyl halides is 3. The third-order valence-corrected chi connectivity index (χ3v) is 5.33. The molecule has 3 aliphatic rings. The van der Waals surface area contributed by atoms with Crippen molar-refractivity contribution in [2.75, 3.05) is 26.2 Å². The van der Waals surface area contributed by atoms with Crippen LogP contribution in [-0.2, 0) is 0 Å². The summed E-state index contributed by atoms with van der Waals surface area (Å²) in [5.74, 6) is 0. The van der Waals surface area contributed by atoms with Crippen LogP contribution in [0.25, 0.3) is 0 Å². The minimum absolute atomic E-state index is 0.0667. The second-order valence-electron chi connectivity index (χ2n) is 7.01. The first-order chi connectivity index (χ1) is 10.8. The standard InChI is InChI=1S/C15H24F3N3O2/c16-15(17,18)14(23)5-9-21(10-6-14)13(22)19-11-3-7-20(8-4-11)12-1-2-12/h11-12,23H,1-10H2,(H,19,22). The maximum absolute atomic E-state index is 12.8. The molecule has 1 saturated carbocycles. The molecule has 2 saturated heterocycles. The highest BCUT2D eigenvalue weighted by Crippen LogP contribution is 2.38. The van der Waals surface area contributed by atoms with E-state index in [0.29, 0.717) is 0 Å². The summed E-state index contributed by atoms with van der Waals surface area (Å²) < 4.78 is 38.3. The van der Waals surface area contributed by atoms with Crippen LogP contribution in [0.5, 0.6) is 0 Å². The quantitative estimate of drug-likeness (QED) is 0.808. The predicted molar refractivity (Wildman–Crippen MR) is 78.0 cm³/mol. The molecule has 0 atom stereocenters. The summed E-state index contributed by atoms with van der Waals surface area (Å²) in [6.45, 7) is 1.82. The second-order valence-corrected chi connectivity index (χ2v) is 7.01. The van der Waals surface area contributed by atoms with Gasteiger partial charge in [-0.2, -0.15) is 13.2 Å². The molecule has 2 N–H and O–H groups in total. The number of carbonyl (C=O) groups excluding carboxylic acids is 1. The van der Waals surface area contributed by atoms with Crippen LogP contribution < -0.4 is 5.32 Å². The Morgan fingerprint density at radius 1 is 1.04 bits per heavy atom. The van der Waals surface area contributed by atoms with Gasteiger partial charge in [-0.3, -0.25) is 0 Å². The maximum atomic E-state index is 12.8. The van der Waals surface area contributed by atoms with Gasteiger partial charge in [0, 0.05) is 51.1 Å². The molecule has 2 amide bonds. The zero-order chi connectivity index (χ0) is 16.7. The number of halogens is 3. The number of aliphatic hydroxyl groups is 1. The van der Waals surface area contributed by atoms with Crippen molar-refractivity contribution in [2.24, 2.45) is 0 Å². The van der Waals surface area contributed by atoms with Crippen molar-refractivity contribution in [3.63, 3.8) is 0 Å². The van der Waals surface area contributed by atoms with E-state index in [-0.39, 0.29) is 25.2 Å². The second kappa shape index (κ2) is 6.12. The van der Waals surface area contributed by atoms with Crippen molar-refractivity contribution in [3.8, 4) is 0 Å². The first kappa shape index (κ1) is 16.8. The average Bonchev–Trinajstić information content (AvgIpc) is 3.32. The Hall–Kier alpha value is -1.02. The van der Waals surface area contributed by atoms with Gasteiger partial charge in [-0.05, 0) is 25.7 Å². The van der Waals surface area contributed by atoms with Gasteiger partial charge in [0.05, 0.1) is 0 Å². The number of nitrogens with one attached hydrogen (secondary N) is 1. The SMILES string of the molecule is O=C(NC1CCN(C2CC2)CC1)N1CCC(O)(C(F)(F)F)CC1. The number of nitrogens with zero attached hydrogens (tertiary/aromatic N) is 2. The monoisotopic (exact) mass is 335 g/mol. The molecule has 0 radical (unpaired) electrons. The fourth-order valence-electron chi connectivity index (χ4n) is 3.48. The van der Waals surface area contributed by atoms with E-state index in [0.717, 1.165) is 32.0 Å². The number of rotatable bonds is 2. The van der Waals surface area contributed by atoms with Crippen molar-refractivity contribution in [2.45, 2.75) is 62.4 Å². The van der Waals surface area contributed by atoms with E-state index in [1.165, 1.54) is 17.7 Å². The van der Waals surface area contributed by atoms with Crippen LogP contribution in [0.3, 0.4) is 0 Å². The third-order valence-electron chi connectivity index (χ3n) is 5.33. The van der Waals surface area contributed by atoms with Gasteiger partial charge in [-0.15, -0.1) is 0 Å². The summed E-state index contributed by atoms with van der Waals surface area (Å²) in [6.07, 6.45) is -1.22. The lowest BCUT2D eigenvalue weighted by Gasteiger charge is -2.40. The van der Waals surface area contributed by atoms with Gasteiger partial charge in [0.1, 0.15) is 0 Å². The van der Waals surface area contributed by atoms with Crippen LogP contribution in [0.2, 0.25) is 0 Å². The van der Waals surface area contributed by atoms with Crippen LogP contribution in [0.1, 0.15) is 38.5 Å². The van der Waals surface area contributed by atoms with Crippen LogP contribution >= 0.6 is 0 Å². The molecular weight excluding hydrogens is 311 g/mol. The van der Waals surface area contributed by atoms with Gasteiger partial charge in [-0.1, -0.05) is 0 Å². The fraction of sp³-hybridized carbons (Fsp3) is 0.933. The predicted octanol–water partition coefficient (Wildman–Crippen LogP) is 1.71. The summed E-state index contributed by atoms with van der Waals surface area (Å²) in [7, 11) is 0. The molecule has 2 aliphatic heterocycles. The molecule has 3 rings (SSSR count). The highest BCUT2D eigenvalue weighted by atomic mass is 19.4. The van der Waals surface area contributed by atoms with Crippen molar-refractivity contribution >= 4 is 6.03 Å². The minimum Gasteiger partial charge on any atom is -0.380 e. The van der Waals surface area contributed by atoms with Gasteiger partial charge in [-0.25, -0.2) is 4.79 Å². The Labute approximate surface area is 133 Å². The molecule has 5 nitrogen and oxygen atoms in total. The van der Waals surface area contributed by atoms with Gasteiger partial charge >= 0.3 is 12.2 Å². The molecule has 23 heavy (non-hydrogen) atoms. The lowest BCUT2D eigenvalue weighted by Crippen LogP contribution is -2.57. The minimum atomic E-state index is -4.63. The van der Waals surface area contributed by atoms with E-state index in [9.17, 15) is 23.1 Å². The van der Waals surface area contributed by atoms with Gasteiger partial charge in [0.2, 0.25) is 0 Å². The number of piperidine rings is 2. The van der Waals surface area contributed by atoms with Gasteiger partial charge < -0.3 is 20.2 Å². The van der Waals surface area contributed by atoms with Crippen molar-refractivity contribution in [1.29, 1.82) is 0 Å². The molecule has 0 aromatic rings. The third kappa shape index (κ3) is 3.74. The summed E-state index contributed by atoms with van der Waals surface area (Å²) >= 11 is 0. The van der Waals surface area contributed by atoms with Crippen LogP contribution in [0, 0.1) is 0 Å². The molecule has 0 aromatic carbocycles. The lowest BCUT2D eigenvalue weighted by atomic mass is 9.91. The smallest absolute Gasteiger partial charge is 0.380 e. The number of likely N-dealkylation sites (tertiary alicyclic amines) is 2. The largest absolute Gasteiger partial charge is 0.417 e. The summed E-state index contributed by atoms with van der Waals surface area (Å²) in [5.41, 5.74) is -2.65. The van der Waals surface area contributed by atoms with Crippen LogP contribution in [0.15, 0.2) is 0 Å². The Balaban J connectivity index is 1.43. The first-order valence-electron chi connectivity index (χ1n) is 8.37. The van der Waals surface area contributed by atoms with Gasteiger partial charge in [0.25, 0.3) is 0 Å². The summed E-state index contributed by atoms with van der Waals surface area (Å²) in [6, 6.07) is 0.522. The molecule has 2 heterocycles. The number of amides is 2. The van der Waals surface area contributed by atoms with E-state index in [1.54, 1.807) is 0 Å². The summed E-state index contributed by atoms with van der Waals surface area (Å²) in [5, 5.41) is 12.6. The molecule has 1 aliphatic carbocycles. The molecule has 0 aromatic heterocycles. The zero-order valence-electron chi connectivity index (χ0n) is 13.1. The Morgan fingerprint density at radius 3 is 2.09 bits per heavy atom. The first-order valence-corrected chi connectivity index (χ1v) is 8.37. The zero-order valence-corrected chi connectivity index (χ0v) is 13.1. The Bertz CT molecular complexity index is 438. The van der Waals surface area contributed by atoms with Crippen molar-refractivity contribution in [1.82, 2.24) is 15.1 Å². The Morgan fingerprint density at radius 2 is 1.61 bits per heavy atom. The molecule has 8 heteroatoms. The van der Waals surface area contributed by atoms with E-state index in [4.69, 9.17) is 0 Å². The van der Waals surface area contributed by atoms with Crippen LogP contribution in [0.4, 0.5) is 18.0 Å². The fourth-order valence-corrected chi connectivity index (χ4v) is 3.48. The topological polar surface area (TPSA) is 55.8 Å². The van der Waals surface area contributed by atoms with E-state index < -0.39 is 24.6 Å². The number of carbonyl (C=O) groups is 1. The normalized spacial score (nSPS) is 27.0. The van der Waals surface area contributed by atoms with Crippen molar-refractivity contribution < 1.29 is 23.1 Å². The molecule has 0 unspecified atom stereocenters. The maximum Gasteiger partial charge on any atom is 0.417 e. The molecule has 0 spiro atoms. The highest BCUT2D eigenvalue weighted by molar-refractivity contribution is 5.74. The molecule has 132 valence electrons. The van der Waals surface area contributed by atoms with Crippen LogP contribution in [-0.4, -0.2) is 71.0 Å². The number of hydrogen-bond donors (Lipinski definition) is 2. The average molecular weight is 335 g/mol. The summed E-state index contributed by atoms with van der Waals surface area (Å²) in [4.78, 5) is 16.0. The molecular formula is C15H24F3N3O2. The van der Waals surface area contributed by atoms with E-state index >= 15 is 0 Å². The number of urea groups is 1. The lowest BCUT2D eigenvalue weighted by molar-refractivity contribution is -0.271. The Kier molecular flexibility index (Phi) is 4.48. The molecule has 3 fully saturated rings. The van der Waals surface area contributed by atoms with Crippen molar-refractivity contribution in [3.05, 3.63) is 0 Å². The molecule has 0 bridgehead atoms. The van der Waals surface area contributed by atoms with Gasteiger partial charge in [0.15, 0.2) is 5.60 Å². The van der Waals surface area contributed by atoms with E-state index in [2.05, 4.69) is 10.2 Å². The highest BCUT2D eigenvalue weighted by Gasteiger charge is 2.55.